The maximum atomic E-state index is 10.6. The van der Waals surface area contributed by atoms with Crippen molar-refractivity contribution < 1.29 is 9.90 Å². The van der Waals surface area contributed by atoms with E-state index in [0.29, 0.717) is 11.4 Å². The van der Waals surface area contributed by atoms with Gasteiger partial charge in [0.2, 0.25) is 0 Å². The third-order valence-corrected chi connectivity index (χ3v) is 2.71. The zero-order chi connectivity index (χ0) is 13.8. The number of rotatable bonds is 4. The largest absolute Gasteiger partial charge is 0.481 e. The van der Waals surface area contributed by atoms with Gasteiger partial charge in [0.15, 0.2) is 0 Å². The number of nitriles is 1. The Morgan fingerprint density at radius 3 is 2.95 bits per heavy atom. The van der Waals surface area contributed by atoms with Crippen LogP contribution in [0.25, 0.3) is 10.9 Å². The van der Waals surface area contributed by atoms with Gasteiger partial charge in [0.1, 0.15) is 11.9 Å². The minimum absolute atomic E-state index is 0.0284. The molecule has 1 atom stereocenters. The van der Waals surface area contributed by atoms with Crippen LogP contribution in [0.5, 0.6) is 0 Å². The van der Waals surface area contributed by atoms with Gasteiger partial charge in [0.25, 0.3) is 0 Å². The molecule has 2 N–H and O–H groups in total. The van der Waals surface area contributed by atoms with Crippen molar-refractivity contribution in [3.63, 3.8) is 0 Å². The van der Waals surface area contributed by atoms with Crippen LogP contribution in [0.15, 0.2) is 30.3 Å². The van der Waals surface area contributed by atoms with Crippen molar-refractivity contribution >= 4 is 22.7 Å². The summed E-state index contributed by atoms with van der Waals surface area (Å²) in [5.41, 5.74) is 1.18. The van der Waals surface area contributed by atoms with E-state index in [9.17, 15) is 4.79 Å². The lowest BCUT2D eigenvalue weighted by Crippen LogP contribution is -2.20. The minimum atomic E-state index is -0.890. The van der Waals surface area contributed by atoms with Crippen LogP contribution in [0.3, 0.4) is 0 Å². The first kappa shape index (κ1) is 12.8. The highest BCUT2D eigenvalue weighted by atomic mass is 16.4. The van der Waals surface area contributed by atoms with Crippen molar-refractivity contribution in [2.75, 3.05) is 5.32 Å². The van der Waals surface area contributed by atoms with Crippen molar-refractivity contribution in [1.29, 1.82) is 5.26 Å². The number of pyridine rings is 1. The van der Waals surface area contributed by atoms with Crippen molar-refractivity contribution in [1.82, 2.24) is 4.98 Å². The zero-order valence-corrected chi connectivity index (χ0v) is 10.4. The summed E-state index contributed by atoms with van der Waals surface area (Å²) in [6, 6.07) is 11.0. The van der Waals surface area contributed by atoms with Crippen LogP contribution >= 0.6 is 0 Å². The Bertz CT molecular complexity index is 661. The minimum Gasteiger partial charge on any atom is -0.481 e. The predicted octanol–water partition coefficient (Wildman–Crippen LogP) is 2.38. The fourth-order valence-electron chi connectivity index (χ4n) is 1.86. The topological polar surface area (TPSA) is 86.0 Å². The second-order valence-corrected chi connectivity index (χ2v) is 4.33. The molecule has 1 aromatic carbocycles. The van der Waals surface area contributed by atoms with Crippen LogP contribution in [0.1, 0.15) is 18.9 Å². The molecule has 0 amide bonds. The number of carboxylic acid groups (broad SMARTS) is 1. The van der Waals surface area contributed by atoms with E-state index in [1.54, 1.807) is 13.0 Å². The number of aromatic nitrogens is 1. The lowest BCUT2D eigenvalue weighted by molar-refractivity contribution is -0.137. The fourth-order valence-corrected chi connectivity index (χ4v) is 1.86. The van der Waals surface area contributed by atoms with Gasteiger partial charge in [-0.25, -0.2) is 4.98 Å². The van der Waals surface area contributed by atoms with Gasteiger partial charge in [-0.05, 0) is 19.1 Å². The highest BCUT2D eigenvalue weighted by molar-refractivity contribution is 5.83. The summed E-state index contributed by atoms with van der Waals surface area (Å²) in [5, 5.41) is 21.7. The van der Waals surface area contributed by atoms with E-state index in [0.717, 1.165) is 10.9 Å². The summed E-state index contributed by atoms with van der Waals surface area (Å²) >= 11 is 0. The van der Waals surface area contributed by atoms with Gasteiger partial charge in [-0.1, -0.05) is 18.2 Å². The Balaban J connectivity index is 2.36. The lowest BCUT2D eigenvalue weighted by Gasteiger charge is -2.14. The number of nitrogens with one attached hydrogen (secondary N) is 1. The first-order valence-corrected chi connectivity index (χ1v) is 5.88. The maximum Gasteiger partial charge on any atom is 0.305 e. The summed E-state index contributed by atoms with van der Waals surface area (Å²) in [4.78, 5) is 15.0. The number of anilines is 1. The Morgan fingerprint density at radius 2 is 2.26 bits per heavy atom. The zero-order valence-electron chi connectivity index (χ0n) is 10.4. The first-order chi connectivity index (χ1) is 9.10. The van der Waals surface area contributed by atoms with Crippen LogP contribution < -0.4 is 5.32 Å². The predicted molar refractivity (Wildman–Crippen MR) is 71.8 cm³/mol. The van der Waals surface area contributed by atoms with Crippen LogP contribution in [0.4, 0.5) is 5.82 Å². The molecule has 0 aliphatic rings. The van der Waals surface area contributed by atoms with Crippen LogP contribution in [0.2, 0.25) is 0 Å². The Kier molecular flexibility index (Phi) is 3.62. The summed E-state index contributed by atoms with van der Waals surface area (Å²) in [6.07, 6.45) is -0.0284. The summed E-state index contributed by atoms with van der Waals surface area (Å²) < 4.78 is 0. The Hall–Kier alpha value is -2.61. The van der Waals surface area contributed by atoms with Crippen molar-refractivity contribution in [3.05, 3.63) is 35.9 Å². The molecule has 1 unspecified atom stereocenters. The highest BCUT2D eigenvalue weighted by Gasteiger charge is 2.12. The molecular formula is C14H13N3O2. The second-order valence-electron chi connectivity index (χ2n) is 4.33. The molecule has 19 heavy (non-hydrogen) atoms. The Labute approximate surface area is 110 Å². The Morgan fingerprint density at radius 1 is 1.53 bits per heavy atom. The summed E-state index contributed by atoms with van der Waals surface area (Å²) in [5.74, 6) is -0.464. The molecule has 0 spiro atoms. The molecule has 0 aliphatic carbocycles. The molecule has 0 saturated carbocycles. The number of carboxylic acids is 1. The molecule has 5 heteroatoms. The summed E-state index contributed by atoms with van der Waals surface area (Å²) in [7, 11) is 0. The molecule has 0 bridgehead atoms. The van der Waals surface area contributed by atoms with Gasteiger partial charge in [0.05, 0.1) is 17.5 Å². The van der Waals surface area contributed by atoms with E-state index in [2.05, 4.69) is 16.4 Å². The molecule has 0 fully saturated rings. The number of hydrogen-bond acceptors (Lipinski definition) is 4. The van der Waals surface area contributed by atoms with Crippen molar-refractivity contribution in [2.45, 2.75) is 19.4 Å². The fraction of sp³-hybridized carbons (Fsp3) is 0.214. The van der Waals surface area contributed by atoms with Crippen LogP contribution in [0, 0.1) is 11.3 Å². The van der Waals surface area contributed by atoms with E-state index in [1.807, 2.05) is 24.3 Å². The van der Waals surface area contributed by atoms with Crippen molar-refractivity contribution in [2.24, 2.45) is 0 Å². The summed E-state index contributed by atoms with van der Waals surface area (Å²) in [6.45, 7) is 1.74. The molecule has 96 valence electrons. The number of benzene rings is 1. The van der Waals surface area contributed by atoms with Crippen molar-refractivity contribution in [3.8, 4) is 6.07 Å². The number of carbonyl (C=O) groups is 1. The molecule has 2 rings (SSSR count). The first-order valence-electron chi connectivity index (χ1n) is 5.88. The number of fused-ring (bicyclic) bond motifs is 1. The number of nitrogens with zero attached hydrogens (tertiary/aromatic N) is 2. The van der Waals surface area contributed by atoms with E-state index >= 15 is 0 Å². The van der Waals surface area contributed by atoms with Gasteiger partial charge in [0, 0.05) is 11.4 Å². The standard InChI is InChI=1S/C14H13N3O2/c1-9(6-13(18)19)16-14-11(8-15)7-10-4-2-3-5-12(10)17-14/h2-5,7,9H,6H2,1H3,(H,16,17)(H,18,19). The third-order valence-electron chi connectivity index (χ3n) is 2.71. The lowest BCUT2D eigenvalue weighted by atomic mass is 10.1. The molecule has 0 radical (unpaired) electrons. The highest BCUT2D eigenvalue weighted by Crippen LogP contribution is 2.20. The molecule has 1 aromatic heterocycles. The quantitative estimate of drug-likeness (QED) is 0.876. The van der Waals surface area contributed by atoms with Gasteiger partial charge < -0.3 is 10.4 Å². The number of hydrogen-bond donors (Lipinski definition) is 2. The van der Waals surface area contributed by atoms with E-state index in [1.165, 1.54) is 0 Å². The van der Waals surface area contributed by atoms with Gasteiger partial charge in [-0.2, -0.15) is 5.26 Å². The van der Waals surface area contributed by atoms with Gasteiger partial charge >= 0.3 is 5.97 Å². The number of aliphatic carboxylic acids is 1. The van der Waals surface area contributed by atoms with E-state index in [-0.39, 0.29) is 12.5 Å². The molecule has 5 nitrogen and oxygen atoms in total. The van der Waals surface area contributed by atoms with Gasteiger partial charge in [-0.3, -0.25) is 4.79 Å². The monoisotopic (exact) mass is 255 g/mol. The smallest absolute Gasteiger partial charge is 0.305 e. The molecule has 0 saturated heterocycles. The second kappa shape index (κ2) is 5.36. The third kappa shape index (κ3) is 2.99. The molecular weight excluding hydrogens is 242 g/mol. The molecule has 2 aromatic rings. The maximum absolute atomic E-state index is 10.6. The normalized spacial score (nSPS) is 11.8. The van der Waals surface area contributed by atoms with Crippen LogP contribution in [-0.2, 0) is 4.79 Å². The SMILES string of the molecule is CC(CC(=O)O)Nc1nc2ccccc2cc1C#N. The van der Waals surface area contributed by atoms with E-state index < -0.39 is 5.97 Å². The molecule has 0 aliphatic heterocycles. The number of para-hydroxylation sites is 1. The average Bonchev–Trinajstić information content (AvgIpc) is 2.36. The van der Waals surface area contributed by atoms with Gasteiger partial charge in [-0.15, -0.1) is 0 Å². The van der Waals surface area contributed by atoms with E-state index in [4.69, 9.17) is 10.4 Å². The molecule has 1 heterocycles. The average molecular weight is 255 g/mol. The van der Waals surface area contributed by atoms with Crippen LogP contribution in [-0.4, -0.2) is 22.1 Å².